The number of rotatable bonds is 2. The van der Waals surface area contributed by atoms with E-state index >= 15 is 0 Å². The molecule has 52 heavy (non-hydrogen) atoms. The van der Waals surface area contributed by atoms with Crippen LogP contribution in [0.3, 0.4) is 0 Å². The van der Waals surface area contributed by atoms with Gasteiger partial charge < -0.3 is 28.7 Å². The van der Waals surface area contributed by atoms with Crippen LogP contribution in [0, 0.1) is 0 Å². The first-order chi connectivity index (χ1) is 25.7. The van der Waals surface area contributed by atoms with Crippen molar-refractivity contribution in [3.8, 4) is 23.0 Å². The third-order valence-electron chi connectivity index (χ3n) is 10.2. The van der Waals surface area contributed by atoms with Crippen LogP contribution >= 0.6 is 0 Å². The van der Waals surface area contributed by atoms with Crippen LogP contribution in [-0.4, -0.2) is 60.1 Å². The van der Waals surface area contributed by atoms with Crippen molar-refractivity contribution < 1.29 is 28.5 Å². The molecule has 6 aromatic rings. The Kier molecular flexibility index (Phi) is 8.20. The fourth-order valence-electron chi connectivity index (χ4n) is 7.68. The van der Waals surface area contributed by atoms with Crippen LogP contribution in [0.4, 0.5) is 0 Å². The molecule has 8 heteroatoms. The van der Waals surface area contributed by atoms with Gasteiger partial charge in [0.05, 0.1) is 0 Å². The fourth-order valence-corrected chi connectivity index (χ4v) is 7.68. The van der Waals surface area contributed by atoms with Gasteiger partial charge in [0.2, 0.25) is 12.2 Å². The van der Waals surface area contributed by atoms with Crippen LogP contribution in [0.25, 0.3) is 21.5 Å². The Morgan fingerprint density at radius 1 is 0.442 bits per heavy atom. The molecule has 4 atom stereocenters. The lowest BCUT2D eigenvalue weighted by Crippen LogP contribution is -2.66. The molecule has 258 valence electrons. The number of hydrogen-bond donors (Lipinski definition) is 0. The van der Waals surface area contributed by atoms with Crippen molar-refractivity contribution in [2.45, 2.75) is 24.3 Å². The van der Waals surface area contributed by atoms with Crippen molar-refractivity contribution in [1.82, 2.24) is 9.80 Å². The van der Waals surface area contributed by atoms with Gasteiger partial charge in [0.1, 0.15) is 25.3 Å². The van der Waals surface area contributed by atoms with E-state index in [0.717, 1.165) is 32.7 Å². The first-order valence-corrected chi connectivity index (χ1v) is 17.6. The van der Waals surface area contributed by atoms with Crippen LogP contribution in [-0.2, 0) is 9.59 Å². The van der Waals surface area contributed by atoms with E-state index in [1.54, 1.807) is 0 Å². The average Bonchev–Trinajstić information content (AvgIpc) is 3.19. The lowest BCUT2D eigenvalue weighted by molar-refractivity contribution is -0.172. The molecule has 5 aliphatic rings. The van der Waals surface area contributed by atoms with E-state index in [1.165, 1.54) is 0 Å². The summed E-state index contributed by atoms with van der Waals surface area (Å²) < 4.78 is 25.3. The van der Waals surface area contributed by atoms with Gasteiger partial charge in [0.25, 0.3) is 11.8 Å². The molecular formula is C44H36N2O6. The normalized spacial score (nSPS) is 22.3. The Balaban J connectivity index is 1.12. The second-order valence-electron chi connectivity index (χ2n) is 13.2. The fraction of sp³-hybridized carbons (Fsp3) is 0.182. The standard InChI is InChI=1S/C44H36N2O6/c47-43-41-39(33-19-11-15-29-13-1-3-17-31(29)33)45(43)25-26-46-40(34-20-12-16-30-14-2-4-18-32(30)34)42(44(46)48)52-38-24-8-6-22-36(38)50-28-10-9-27-49-35-21-5-7-23-37(35)51-41/h1-24,39-42H,25-28H2/b10-9+/t39-,40+,41+,42-. The minimum atomic E-state index is -0.779. The number of fused-ring (bicyclic) bond motifs is 2. The highest BCUT2D eigenvalue weighted by Crippen LogP contribution is 2.45. The van der Waals surface area contributed by atoms with Gasteiger partial charge in [-0.1, -0.05) is 109 Å². The number of β-lactam (4-membered cyclic amide) rings is 2. The molecule has 5 aliphatic heterocycles. The lowest BCUT2D eigenvalue weighted by atomic mass is 9.86. The number of ether oxygens (including phenoxy) is 4. The number of hydrogen-bond acceptors (Lipinski definition) is 6. The number of benzene rings is 6. The van der Waals surface area contributed by atoms with Gasteiger partial charge in [0, 0.05) is 13.1 Å². The number of nitrogens with zero attached hydrogens (tertiary/aromatic N) is 2. The molecule has 11 rings (SSSR count). The molecular weight excluding hydrogens is 652 g/mol. The summed E-state index contributed by atoms with van der Waals surface area (Å²) in [7, 11) is 0. The second-order valence-corrected chi connectivity index (χ2v) is 13.2. The van der Waals surface area contributed by atoms with E-state index in [4.69, 9.17) is 18.9 Å². The average molecular weight is 689 g/mol. The van der Waals surface area contributed by atoms with Crippen LogP contribution < -0.4 is 18.9 Å². The summed E-state index contributed by atoms with van der Waals surface area (Å²) in [5, 5.41) is 4.25. The van der Waals surface area contributed by atoms with Gasteiger partial charge in [0.15, 0.2) is 23.0 Å². The zero-order valence-corrected chi connectivity index (χ0v) is 28.3. The van der Waals surface area contributed by atoms with Gasteiger partial charge in [-0.25, -0.2) is 0 Å². The summed E-state index contributed by atoms with van der Waals surface area (Å²) in [6.45, 7) is 1.18. The Morgan fingerprint density at radius 3 is 1.29 bits per heavy atom. The molecule has 0 unspecified atom stereocenters. The minimum absolute atomic E-state index is 0.143. The monoisotopic (exact) mass is 688 g/mol. The zero-order valence-electron chi connectivity index (χ0n) is 28.3. The van der Waals surface area contributed by atoms with Gasteiger partial charge in [-0.3, -0.25) is 9.59 Å². The molecule has 0 aliphatic carbocycles. The largest absolute Gasteiger partial charge is 0.486 e. The first kappa shape index (κ1) is 31.7. The van der Waals surface area contributed by atoms with Gasteiger partial charge in [-0.2, -0.15) is 0 Å². The highest BCUT2D eigenvalue weighted by molar-refractivity contribution is 5.95. The minimum Gasteiger partial charge on any atom is -0.486 e. The van der Waals surface area contributed by atoms with Crippen molar-refractivity contribution in [2.75, 3.05) is 26.3 Å². The number of amides is 2. The molecule has 0 radical (unpaired) electrons. The highest BCUT2D eigenvalue weighted by Gasteiger charge is 2.54. The molecule has 2 saturated heterocycles. The molecule has 4 bridgehead atoms. The van der Waals surface area contributed by atoms with Crippen molar-refractivity contribution >= 4 is 33.4 Å². The maximum atomic E-state index is 14.1. The molecule has 5 heterocycles. The molecule has 2 fully saturated rings. The summed E-state index contributed by atoms with van der Waals surface area (Å²) in [6.07, 6.45) is 2.19. The molecule has 0 N–H and O–H groups in total. The first-order valence-electron chi connectivity index (χ1n) is 17.6. The van der Waals surface area contributed by atoms with Gasteiger partial charge in [-0.05, 0) is 69.1 Å². The van der Waals surface area contributed by atoms with E-state index < -0.39 is 12.2 Å². The maximum absolute atomic E-state index is 14.1. The molecule has 0 spiro atoms. The summed E-state index contributed by atoms with van der Waals surface area (Å²) in [4.78, 5) is 32.0. The van der Waals surface area contributed by atoms with Crippen molar-refractivity contribution in [2.24, 2.45) is 0 Å². The van der Waals surface area contributed by atoms with E-state index in [0.29, 0.717) is 36.1 Å². The number of carbonyl (C=O) groups is 2. The van der Waals surface area contributed by atoms with Crippen molar-refractivity contribution in [1.29, 1.82) is 0 Å². The second kappa shape index (κ2) is 13.5. The van der Waals surface area contributed by atoms with E-state index in [1.807, 2.05) is 107 Å². The van der Waals surface area contributed by atoms with Crippen LogP contribution in [0.2, 0.25) is 0 Å². The lowest BCUT2D eigenvalue weighted by Gasteiger charge is -2.51. The summed E-state index contributed by atoms with van der Waals surface area (Å²) >= 11 is 0. The Morgan fingerprint density at radius 2 is 0.827 bits per heavy atom. The highest BCUT2D eigenvalue weighted by atomic mass is 16.5. The van der Waals surface area contributed by atoms with E-state index in [-0.39, 0.29) is 37.1 Å². The number of para-hydroxylation sites is 4. The topological polar surface area (TPSA) is 77.5 Å². The third kappa shape index (κ3) is 5.57. The molecule has 6 aromatic carbocycles. The van der Waals surface area contributed by atoms with E-state index in [9.17, 15) is 9.59 Å². The van der Waals surface area contributed by atoms with Crippen molar-refractivity contribution in [3.63, 3.8) is 0 Å². The summed E-state index contributed by atoms with van der Waals surface area (Å²) in [6, 6.07) is 42.7. The van der Waals surface area contributed by atoms with Gasteiger partial charge >= 0.3 is 0 Å². The molecule has 2 amide bonds. The van der Waals surface area contributed by atoms with Crippen LogP contribution in [0.1, 0.15) is 23.2 Å². The summed E-state index contributed by atoms with van der Waals surface area (Å²) in [5.41, 5.74) is 1.98. The van der Waals surface area contributed by atoms with E-state index in [2.05, 4.69) is 48.5 Å². The molecule has 8 nitrogen and oxygen atoms in total. The van der Waals surface area contributed by atoms with Crippen LogP contribution in [0.5, 0.6) is 23.0 Å². The number of carbonyl (C=O) groups excluding carboxylic acids is 2. The Labute approximate surface area is 301 Å². The predicted molar refractivity (Wildman–Crippen MR) is 199 cm³/mol. The Bertz CT molecular complexity index is 2160. The quantitative estimate of drug-likeness (QED) is 0.137. The van der Waals surface area contributed by atoms with Crippen LogP contribution in [0.15, 0.2) is 146 Å². The Hall–Kier alpha value is -6.28. The predicted octanol–water partition coefficient (Wildman–Crippen LogP) is 7.68. The SMILES string of the molecule is O=C1[C@H]2Oc3ccccc3OC/C=C/COc3ccccc3O[C@H]3C(=O)N(CCN1[C@@H]2c1cccc2ccccc12)[C@H]3c1cccc2ccccc12. The van der Waals surface area contributed by atoms with Gasteiger partial charge in [-0.15, -0.1) is 0 Å². The maximum Gasteiger partial charge on any atom is 0.266 e. The zero-order chi connectivity index (χ0) is 35.0. The molecule has 0 saturated carbocycles. The van der Waals surface area contributed by atoms with Crippen molar-refractivity contribution in [3.05, 3.63) is 157 Å². The third-order valence-corrected chi connectivity index (χ3v) is 10.2. The molecule has 0 aromatic heterocycles. The summed E-state index contributed by atoms with van der Waals surface area (Å²) in [5.74, 6) is 1.78. The smallest absolute Gasteiger partial charge is 0.266 e.